The van der Waals surface area contributed by atoms with Crippen LogP contribution in [0.4, 0.5) is 117 Å². The van der Waals surface area contributed by atoms with Crippen molar-refractivity contribution in [1.29, 1.82) is 0 Å². The number of carbonyl (C=O) groups excluding carboxylic acids is 4. The first-order valence-corrected chi connectivity index (χ1v) is 40.3. The molecule has 4 atom stereocenters. The number of benzene rings is 2. The molecule has 27 nitrogen and oxygen atoms in total. The summed E-state index contributed by atoms with van der Waals surface area (Å²) in [7, 11) is -24.4. The lowest BCUT2D eigenvalue weighted by Gasteiger charge is -2.64. The quantitative estimate of drug-likeness (QED) is 0.0324. The van der Waals surface area contributed by atoms with Gasteiger partial charge >= 0.3 is 102 Å². The summed E-state index contributed by atoms with van der Waals surface area (Å²) < 4.78 is 473. The third-order valence-electron chi connectivity index (χ3n) is 19.0. The van der Waals surface area contributed by atoms with Gasteiger partial charge in [0, 0.05) is 42.8 Å². The maximum absolute atomic E-state index is 13.6. The van der Waals surface area contributed by atoms with Crippen LogP contribution in [0.25, 0.3) is 0 Å². The topological polar surface area (TPSA) is 425 Å². The zero-order chi connectivity index (χ0) is 91.4. The predicted molar refractivity (Wildman–Crippen MR) is 344 cm³/mol. The number of aliphatic hydroxyl groups is 1. The van der Waals surface area contributed by atoms with E-state index in [-0.39, 0.29) is 58.0 Å². The van der Waals surface area contributed by atoms with Crippen LogP contribution in [-0.4, -0.2) is 230 Å². The number of rotatable bonds is 27. The molecule has 680 valence electrons. The number of nitrogens with one attached hydrogen (secondary N) is 1. The molecule has 6 aliphatic rings. The number of anilines is 2. The molecule has 1 saturated heterocycles. The van der Waals surface area contributed by atoms with Crippen molar-refractivity contribution in [3.63, 3.8) is 0 Å². The van der Waals surface area contributed by atoms with Crippen LogP contribution in [0.15, 0.2) is 54.6 Å². The van der Waals surface area contributed by atoms with Gasteiger partial charge in [-0.3, -0.25) is 19.2 Å². The maximum Gasteiger partial charge on any atom is 0.438 e. The summed E-state index contributed by atoms with van der Waals surface area (Å²) in [4.78, 5) is 61.6. The van der Waals surface area contributed by atoms with Gasteiger partial charge in [-0.1, -0.05) is 57.7 Å². The van der Waals surface area contributed by atoms with Gasteiger partial charge in [-0.2, -0.15) is 105 Å². The fraction of sp³-hybridized carbons (Fsp3) is 0.730. The van der Waals surface area contributed by atoms with Gasteiger partial charge in [0.15, 0.2) is 5.79 Å². The number of alkyl halides is 24. The minimum absolute atomic E-state index is 0.0488. The Kier molecular flexibility index (Phi) is 31.9. The van der Waals surface area contributed by atoms with Crippen LogP contribution < -0.4 is 10.2 Å². The minimum Gasteiger partial charge on any atom is -0.748 e. The number of ether oxygens (including phenoxy) is 6. The Labute approximate surface area is 654 Å². The highest BCUT2D eigenvalue weighted by molar-refractivity contribution is 7.86. The number of aliphatic carboxylic acids is 1. The Morgan fingerprint density at radius 1 is 0.517 bits per heavy atom. The van der Waals surface area contributed by atoms with Crippen LogP contribution in [0, 0.1) is 29.1 Å². The van der Waals surface area contributed by atoms with Gasteiger partial charge in [0.1, 0.15) is 0 Å². The number of nitrogens with zero attached hydrogens (tertiary/aromatic N) is 1. The Morgan fingerprint density at radius 2 is 0.881 bits per heavy atom. The molecule has 1 heterocycles. The van der Waals surface area contributed by atoms with Gasteiger partial charge in [-0.15, -0.1) is 0 Å². The first-order chi connectivity index (χ1) is 52.9. The molecular weight excluding hydrogens is 1770 g/mol. The van der Waals surface area contributed by atoms with Crippen molar-refractivity contribution in [3.05, 3.63) is 60.2 Å². The van der Waals surface area contributed by atoms with Crippen molar-refractivity contribution < 1.29 is 220 Å². The van der Waals surface area contributed by atoms with Crippen LogP contribution in [0.3, 0.4) is 0 Å². The van der Waals surface area contributed by atoms with Gasteiger partial charge < -0.3 is 67.1 Å². The lowest BCUT2D eigenvalue weighted by molar-refractivity contribution is -0.370. The summed E-state index contributed by atoms with van der Waals surface area (Å²) in [6.45, 7) is 8.51. The van der Waals surface area contributed by atoms with E-state index >= 15 is 0 Å². The second-order valence-electron chi connectivity index (χ2n) is 28.7. The summed E-state index contributed by atoms with van der Waals surface area (Å²) in [5.74, 6) is -28.2. The van der Waals surface area contributed by atoms with Crippen molar-refractivity contribution in [2.24, 2.45) is 29.1 Å². The van der Waals surface area contributed by atoms with E-state index < -0.39 is 236 Å². The second-order valence-corrected chi connectivity index (χ2v) is 34.3. The fourth-order valence-corrected chi connectivity index (χ4v) is 17.2. The third kappa shape index (κ3) is 25.2. The van der Waals surface area contributed by atoms with Crippen molar-refractivity contribution >= 4 is 81.7 Å². The number of halogens is 24. The van der Waals surface area contributed by atoms with Gasteiger partial charge in [-0.05, 0) is 108 Å². The minimum atomic E-state index is -6.48. The van der Waals surface area contributed by atoms with E-state index in [1.807, 2.05) is 18.7 Å². The molecule has 5 saturated carbocycles. The normalized spacial score (nSPS) is 22.9. The summed E-state index contributed by atoms with van der Waals surface area (Å²) >= 11 is 0. The van der Waals surface area contributed by atoms with Crippen LogP contribution >= 0.6 is 0 Å². The number of unbranched alkanes of at least 4 members (excludes halogenated alkanes) is 2. The molecule has 2 aromatic rings. The first kappa shape index (κ1) is 104. The monoisotopic (exact) mass is 1840 g/mol. The summed E-state index contributed by atoms with van der Waals surface area (Å²) in [6.07, 6.45) is -50.0. The van der Waals surface area contributed by atoms with E-state index in [2.05, 4.69) is 24.3 Å². The van der Waals surface area contributed by atoms with E-state index in [9.17, 15) is 186 Å². The molecule has 118 heavy (non-hydrogen) atoms. The highest BCUT2D eigenvalue weighted by Crippen LogP contribution is 2.69. The molecule has 0 aromatic heterocycles. The van der Waals surface area contributed by atoms with E-state index in [0.29, 0.717) is 24.5 Å². The summed E-state index contributed by atoms with van der Waals surface area (Å²) in [6, 6.07) is 12.5. The van der Waals surface area contributed by atoms with Crippen LogP contribution in [0.1, 0.15) is 128 Å². The van der Waals surface area contributed by atoms with Gasteiger partial charge in [0.2, 0.25) is 0 Å². The molecule has 3 N–H and O–H groups in total. The number of esters is 4. The largest absolute Gasteiger partial charge is 0.748 e. The third-order valence-corrected chi connectivity index (χ3v) is 22.0. The summed E-state index contributed by atoms with van der Waals surface area (Å²) in [5, 5.41) is 22.5. The molecule has 0 radical (unpaired) electrons. The molecule has 6 fully saturated rings. The number of carboxylic acid groups (broad SMARTS) is 1. The highest BCUT2D eigenvalue weighted by atomic mass is 32.2. The first-order valence-electron chi connectivity index (χ1n) is 34.0. The molecule has 8 rings (SSSR count). The highest BCUT2D eigenvalue weighted by Gasteiger charge is 2.80. The standard InChI is InChI=1S/C19H25F6NO5S.C19H24F6O8S.C13H13F6NO5S.C12H14F6O7S/c1-3-5-11-26(12-6-4-2)15-9-7-14(8-10-15)16(27)31-17(18(20,21)22,19(23,24)25)13-32(28,29)30;1-13(2)8-31-17(33-13)10-3-14(4-11(17)6-15(27,5-10)7-14)12(26)32-16(18(20,21)22,19(23,24)25)9-34(28,29)30;14-12(15,16)11(13(17,18)19,8-26(22,23)24)25-10(21)6-7-20-9-4-2-1-3-5-9;13-11(14,15)10(12(16,17)18,5-26(22,23)24)25-9(21)7-4-2-1-3-6(7)8(19)20/h7-10H,3-6,11-13H2,1-2H3,(H,28,29,30);10-11,27H,3-9H2,1-2H3,(H,28,29,30);1-5,20H,6-8H2,(H,22,23,24);6-7H,1-5H2,(H,19,20)(H,22,23,24)/p-4. The van der Waals surface area contributed by atoms with Gasteiger partial charge in [0.05, 0.1) is 111 Å². The van der Waals surface area contributed by atoms with Crippen molar-refractivity contribution in [2.45, 2.75) is 206 Å². The average molecular weight is 1840 g/mol. The Balaban J connectivity index is 0.000000333. The fourth-order valence-electron chi connectivity index (χ4n) is 13.7. The van der Waals surface area contributed by atoms with E-state index in [1.165, 1.54) is 24.3 Å². The Hall–Kier alpha value is -6.77. The van der Waals surface area contributed by atoms with Crippen LogP contribution in [0.2, 0.25) is 0 Å². The maximum atomic E-state index is 13.6. The van der Waals surface area contributed by atoms with Crippen molar-refractivity contribution in [2.75, 3.05) is 59.5 Å². The zero-order valence-corrected chi connectivity index (χ0v) is 64.3. The molecule has 0 amide bonds. The number of carboxylic acids is 1. The number of hydrogen-bond acceptors (Lipinski definition) is 26. The number of para-hydroxylation sites is 1. The molecule has 2 aromatic carbocycles. The van der Waals surface area contributed by atoms with Gasteiger partial charge in [0.25, 0.3) is 0 Å². The Morgan fingerprint density at radius 3 is 1.23 bits per heavy atom. The van der Waals surface area contributed by atoms with Gasteiger partial charge in [-0.25, -0.2) is 38.5 Å². The van der Waals surface area contributed by atoms with Crippen molar-refractivity contribution in [3.8, 4) is 0 Å². The zero-order valence-electron chi connectivity index (χ0n) is 61.0. The smallest absolute Gasteiger partial charge is 0.438 e. The molecular formula is C63H72F24N2O25S4-4. The van der Waals surface area contributed by atoms with E-state index in [4.69, 9.17) is 14.6 Å². The number of hydrogen-bond donors (Lipinski definition) is 3. The second kappa shape index (κ2) is 36.3. The molecule has 4 unspecified atom stereocenters. The average Bonchev–Trinajstić information content (AvgIpc) is 1.29. The molecule has 4 bridgehead atoms. The predicted octanol–water partition coefficient (Wildman–Crippen LogP) is 11.3. The Bertz CT molecular complexity index is 4210. The molecule has 5 aliphatic carbocycles. The van der Waals surface area contributed by atoms with E-state index in [1.54, 1.807) is 32.0 Å². The lowest BCUT2D eigenvalue weighted by Crippen LogP contribution is -2.70. The molecule has 1 aliphatic heterocycles. The van der Waals surface area contributed by atoms with Crippen LogP contribution in [-0.2, 0) is 88.1 Å². The lowest BCUT2D eigenvalue weighted by atomic mass is 9.45. The molecule has 1 spiro atoms. The van der Waals surface area contributed by atoms with E-state index in [0.717, 1.165) is 37.8 Å². The SMILES string of the molecule is CC1(C)COC2(O1)C1CC3(O)CC2CC(C(=O)OC(CS(=O)(=O)[O-])(C(F)(F)F)C(F)(F)F)(C1)C3.CCCCN(CCCC)c1ccc(C(=O)OC(CS(=O)(=O)[O-])(C(F)(F)F)C(F)(F)F)cc1.O=C(CCNc1ccccc1)OC(CS(=O)(=O)[O-])(C(F)(F)F)C(F)(F)F.O=C(O)C1CCCCC1C(=O)OC(CS(=O)(=O)[O-])(C(F)(F)F)C(F)(F)F. The molecule has 55 heteroatoms. The van der Waals surface area contributed by atoms with Crippen LogP contribution in [0.5, 0.6) is 0 Å². The summed E-state index contributed by atoms with van der Waals surface area (Å²) in [5.41, 5.74) is -26.0. The number of carbonyl (C=O) groups is 5. The van der Waals surface area contributed by atoms with Crippen molar-refractivity contribution in [1.82, 2.24) is 0 Å².